The van der Waals surface area contributed by atoms with Gasteiger partial charge in [-0.3, -0.25) is 14.8 Å². The zero-order valence-electron chi connectivity index (χ0n) is 14.4. The molecular weight excluding hydrogens is 386 g/mol. The molecule has 0 bridgehead atoms. The summed E-state index contributed by atoms with van der Waals surface area (Å²) >= 11 is 6.24. The molecule has 0 aliphatic heterocycles. The van der Waals surface area contributed by atoms with Crippen molar-refractivity contribution in [2.45, 2.75) is 5.75 Å². The van der Waals surface area contributed by atoms with E-state index < -0.39 is 9.84 Å². The van der Waals surface area contributed by atoms with Crippen molar-refractivity contribution in [3.63, 3.8) is 0 Å². The highest BCUT2D eigenvalue weighted by Gasteiger charge is 2.11. The van der Waals surface area contributed by atoms with Crippen LogP contribution in [0.5, 0.6) is 0 Å². The highest BCUT2D eigenvalue weighted by atomic mass is 35.5. The summed E-state index contributed by atoms with van der Waals surface area (Å²) in [6, 6.07) is 13.7. The molecule has 3 aromatic rings. The Balaban J connectivity index is 1.78. The normalized spacial score (nSPS) is 11.2. The van der Waals surface area contributed by atoms with Gasteiger partial charge in [0.25, 0.3) is 5.91 Å². The van der Waals surface area contributed by atoms with Crippen LogP contribution >= 0.6 is 11.6 Å². The molecule has 1 amide bonds. The van der Waals surface area contributed by atoms with E-state index in [0.717, 1.165) is 6.26 Å². The van der Waals surface area contributed by atoms with Crippen molar-refractivity contribution >= 4 is 33.0 Å². The molecule has 0 unspecified atom stereocenters. The van der Waals surface area contributed by atoms with Crippen molar-refractivity contribution in [2.24, 2.45) is 0 Å². The Morgan fingerprint density at radius 2 is 1.93 bits per heavy atom. The largest absolute Gasteiger partial charge is 0.322 e. The van der Waals surface area contributed by atoms with Crippen molar-refractivity contribution in [3.05, 3.63) is 77.2 Å². The Kier molecular flexibility index (Phi) is 5.53. The number of sulfone groups is 1. The maximum Gasteiger partial charge on any atom is 0.257 e. The first kappa shape index (κ1) is 19.0. The molecule has 0 radical (unpaired) electrons. The molecule has 0 aliphatic rings. The molecule has 3 rings (SSSR count). The number of carbonyl (C=O) groups is 1. The van der Waals surface area contributed by atoms with Crippen LogP contribution in [-0.4, -0.2) is 30.5 Å². The first-order chi connectivity index (χ1) is 12.8. The molecule has 8 heteroatoms. The number of nitrogens with zero attached hydrogens (tertiary/aromatic N) is 2. The van der Waals surface area contributed by atoms with E-state index in [4.69, 9.17) is 11.6 Å². The van der Waals surface area contributed by atoms with Gasteiger partial charge in [0.2, 0.25) is 0 Å². The third-order valence-corrected chi connectivity index (χ3v) is 4.81. The van der Waals surface area contributed by atoms with E-state index in [1.165, 1.54) is 12.3 Å². The Morgan fingerprint density at radius 3 is 2.56 bits per heavy atom. The Labute approximate surface area is 162 Å². The second-order valence-corrected chi connectivity index (χ2v) is 8.52. The lowest BCUT2D eigenvalue weighted by Crippen LogP contribution is -2.13. The number of rotatable bonds is 5. The van der Waals surface area contributed by atoms with Crippen LogP contribution in [0.1, 0.15) is 16.1 Å². The second kappa shape index (κ2) is 7.85. The molecular formula is C19H16ClN3O3S. The smallest absolute Gasteiger partial charge is 0.257 e. The number of aromatic nitrogens is 2. The van der Waals surface area contributed by atoms with Gasteiger partial charge in [0.05, 0.1) is 27.7 Å². The SMILES string of the molecule is CS(=O)(=O)Cc1ccc(C(=O)Nc2ccc(Cl)c(-c3ccccn3)c2)cn1. The highest BCUT2D eigenvalue weighted by Crippen LogP contribution is 2.29. The maximum atomic E-state index is 12.4. The minimum Gasteiger partial charge on any atom is -0.322 e. The van der Waals surface area contributed by atoms with Gasteiger partial charge in [-0.2, -0.15) is 0 Å². The number of hydrogen-bond acceptors (Lipinski definition) is 5. The molecule has 27 heavy (non-hydrogen) atoms. The lowest BCUT2D eigenvalue weighted by atomic mass is 10.1. The Bertz CT molecular complexity index is 1070. The van der Waals surface area contributed by atoms with E-state index in [0.29, 0.717) is 33.2 Å². The van der Waals surface area contributed by atoms with E-state index in [1.54, 1.807) is 30.5 Å². The van der Waals surface area contributed by atoms with Gasteiger partial charge in [-0.1, -0.05) is 17.7 Å². The quantitative estimate of drug-likeness (QED) is 0.705. The zero-order valence-corrected chi connectivity index (χ0v) is 16.0. The van der Waals surface area contributed by atoms with E-state index in [9.17, 15) is 13.2 Å². The first-order valence-corrected chi connectivity index (χ1v) is 10.4. The van der Waals surface area contributed by atoms with Crippen LogP contribution in [0.2, 0.25) is 5.02 Å². The van der Waals surface area contributed by atoms with Crippen LogP contribution in [0.25, 0.3) is 11.3 Å². The molecule has 0 aliphatic carbocycles. The van der Waals surface area contributed by atoms with Crippen LogP contribution in [-0.2, 0) is 15.6 Å². The summed E-state index contributed by atoms with van der Waals surface area (Å²) in [5, 5.41) is 3.31. The topological polar surface area (TPSA) is 89.0 Å². The van der Waals surface area contributed by atoms with E-state index in [-0.39, 0.29) is 11.7 Å². The zero-order chi connectivity index (χ0) is 19.4. The van der Waals surface area contributed by atoms with E-state index in [1.807, 2.05) is 18.2 Å². The third kappa shape index (κ3) is 5.12. The number of carbonyl (C=O) groups excluding carboxylic acids is 1. The minimum atomic E-state index is -3.18. The fourth-order valence-corrected chi connectivity index (χ4v) is 3.36. The Hall–Kier alpha value is -2.77. The summed E-state index contributed by atoms with van der Waals surface area (Å²) in [7, 11) is -3.18. The van der Waals surface area contributed by atoms with Gasteiger partial charge in [-0.25, -0.2) is 8.42 Å². The summed E-state index contributed by atoms with van der Waals surface area (Å²) in [4.78, 5) is 20.7. The molecule has 1 N–H and O–H groups in total. The average molecular weight is 402 g/mol. The standard InChI is InChI=1S/C19H16ClN3O3S/c1-27(25,26)12-15-6-5-13(11-22-15)19(24)23-14-7-8-17(20)16(10-14)18-4-2-3-9-21-18/h2-11H,12H2,1H3,(H,23,24). The Morgan fingerprint density at radius 1 is 1.11 bits per heavy atom. The van der Waals surface area contributed by atoms with Crippen molar-refractivity contribution in [1.29, 1.82) is 0 Å². The number of nitrogens with one attached hydrogen (secondary N) is 1. The van der Waals surface area contributed by atoms with E-state index >= 15 is 0 Å². The molecule has 1 aromatic carbocycles. The predicted octanol–water partition coefficient (Wildman–Crippen LogP) is 3.59. The number of benzene rings is 1. The molecule has 0 fully saturated rings. The van der Waals surface area contributed by atoms with Gasteiger partial charge in [0, 0.05) is 29.9 Å². The summed E-state index contributed by atoms with van der Waals surface area (Å²) in [6.45, 7) is 0. The van der Waals surface area contributed by atoms with Gasteiger partial charge < -0.3 is 5.32 Å². The summed E-state index contributed by atoms with van der Waals surface area (Å²) in [5.41, 5.74) is 2.67. The molecule has 6 nitrogen and oxygen atoms in total. The lowest BCUT2D eigenvalue weighted by molar-refractivity contribution is 0.102. The average Bonchev–Trinajstić information content (AvgIpc) is 2.63. The predicted molar refractivity (Wildman–Crippen MR) is 105 cm³/mol. The fourth-order valence-electron chi connectivity index (χ4n) is 2.44. The highest BCUT2D eigenvalue weighted by molar-refractivity contribution is 7.89. The van der Waals surface area contributed by atoms with Crippen molar-refractivity contribution in [1.82, 2.24) is 9.97 Å². The maximum absolute atomic E-state index is 12.4. The summed E-state index contributed by atoms with van der Waals surface area (Å²) in [5.74, 6) is -0.526. The summed E-state index contributed by atoms with van der Waals surface area (Å²) in [6.07, 6.45) is 4.15. The van der Waals surface area contributed by atoms with Crippen molar-refractivity contribution < 1.29 is 13.2 Å². The van der Waals surface area contributed by atoms with Crippen LogP contribution in [0.3, 0.4) is 0 Å². The fraction of sp³-hybridized carbons (Fsp3) is 0.105. The van der Waals surface area contributed by atoms with Gasteiger partial charge in [-0.15, -0.1) is 0 Å². The number of anilines is 1. The van der Waals surface area contributed by atoms with Crippen LogP contribution in [0.4, 0.5) is 5.69 Å². The summed E-state index contributed by atoms with van der Waals surface area (Å²) < 4.78 is 22.6. The van der Waals surface area contributed by atoms with Gasteiger partial charge in [0.1, 0.15) is 0 Å². The second-order valence-electron chi connectivity index (χ2n) is 5.97. The van der Waals surface area contributed by atoms with Gasteiger partial charge in [0.15, 0.2) is 9.84 Å². The molecule has 2 aromatic heterocycles. The molecule has 0 saturated carbocycles. The lowest BCUT2D eigenvalue weighted by Gasteiger charge is -2.09. The molecule has 2 heterocycles. The molecule has 0 saturated heterocycles. The first-order valence-electron chi connectivity index (χ1n) is 7.97. The number of halogens is 1. The van der Waals surface area contributed by atoms with Crippen LogP contribution in [0.15, 0.2) is 60.9 Å². The molecule has 0 spiro atoms. The van der Waals surface area contributed by atoms with Crippen molar-refractivity contribution in [2.75, 3.05) is 11.6 Å². The number of pyridine rings is 2. The van der Waals surface area contributed by atoms with Crippen LogP contribution < -0.4 is 5.32 Å². The molecule has 0 atom stereocenters. The van der Waals surface area contributed by atoms with Gasteiger partial charge in [-0.05, 0) is 42.5 Å². The number of amides is 1. The minimum absolute atomic E-state index is 0.167. The molecule has 138 valence electrons. The monoisotopic (exact) mass is 401 g/mol. The van der Waals surface area contributed by atoms with Gasteiger partial charge >= 0.3 is 0 Å². The number of hydrogen-bond donors (Lipinski definition) is 1. The van der Waals surface area contributed by atoms with E-state index in [2.05, 4.69) is 15.3 Å². The van der Waals surface area contributed by atoms with Crippen LogP contribution in [0, 0.1) is 0 Å². The third-order valence-electron chi connectivity index (χ3n) is 3.66. The van der Waals surface area contributed by atoms with Crippen molar-refractivity contribution in [3.8, 4) is 11.3 Å².